The summed E-state index contributed by atoms with van der Waals surface area (Å²) >= 11 is 18.3. The summed E-state index contributed by atoms with van der Waals surface area (Å²) in [4.78, 5) is 29.3. The summed E-state index contributed by atoms with van der Waals surface area (Å²) in [6.45, 7) is 0. The van der Waals surface area contributed by atoms with Crippen LogP contribution >= 0.6 is 46.8 Å². The number of anilines is 1. The Hall–Kier alpha value is -2.58. The van der Waals surface area contributed by atoms with Crippen molar-refractivity contribution in [1.29, 1.82) is 0 Å². The van der Waals surface area contributed by atoms with Crippen molar-refractivity contribution in [2.75, 3.05) is 5.32 Å². The molecule has 2 aromatic carbocycles. The number of rotatable bonds is 4. The van der Waals surface area contributed by atoms with E-state index in [4.69, 9.17) is 35.4 Å². The van der Waals surface area contributed by atoms with Crippen LogP contribution < -0.4 is 10.6 Å². The second kappa shape index (κ2) is 8.65. The molecule has 30 heavy (non-hydrogen) atoms. The minimum absolute atomic E-state index is 0.0385. The zero-order valence-electron chi connectivity index (χ0n) is 15.2. The van der Waals surface area contributed by atoms with Gasteiger partial charge in [0.1, 0.15) is 0 Å². The summed E-state index contributed by atoms with van der Waals surface area (Å²) in [5.41, 5.74) is 3.25. The van der Waals surface area contributed by atoms with E-state index in [1.165, 1.54) is 11.3 Å². The number of halogens is 2. The molecular weight excluding hydrogens is 461 g/mol. The summed E-state index contributed by atoms with van der Waals surface area (Å²) in [5.74, 6) is -0.316. The SMILES string of the molecule is O=C1CC(=S)N/C1=C\c1ccc(C(=O)Nc2nc(-c3ccc(Cl)c(Cl)c3)cs2)cc1. The average molecular weight is 474 g/mol. The molecule has 150 valence electrons. The molecule has 0 unspecified atom stereocenters. The zero-order valence-corrected chi connectivity index (χ0v) is 18.4. The van der Waals surface area contributed by atoms with E-state index >= 15 is 0 Å². The number of aromatic nitrogens is 1. The van der Waals surface area contributed by atoms with Crippen LogP contribution in [0.25, 0.3) is 17.3 Å². The molecule has 1 amide bonds. The highest BCUT2D eigenvalue weighted by atomic mass is 35.5. The van der Waals surface area contributed by atoms with Gasteiger partial charge in [0.15, 0.2) is 10.9 Å². The standard InChI is InChI=1S/C21H13Cl2N3O2S2/c22-14-6-5-13(8-15(14)23)17-10-30-21(25-17)26-20(28)12-3-1-11(2-4-12)7-16-18(27)9-19(29)24-16/h1-8,10H,9H2,(H,24,29)(H,25,26,28)/b16-7-. The fourth-order valence-corrected chi connectivity index (χ4v) is 4.06. The molecule has 1 fully saturated rings. The first-order valence-electron chi connectivity index (χ1n) is 8.76. The molecule has 0 aliphatic carbocycles. The molecule has 0 spiro atoms. The lowest BCUT2D eigenvalue weighted by Gasteiger charge is -2.03. The third-order valence-corrected chi connectivity index (χ3v) is 6.06. The normalized spacial score (nSPS) is 14.8. The van der Waals surface area contributed by atoms with Gasteiger partial charge in [0.25, 0.3) is 5.91 Å². The minimum Gasteiger partial charge on any atom is -0.347 e. The predicted molar refractivity (Wildman–Crippen MR) is 125 cm³/mol. The van der Waals surface area contributed by atoms with E-state index in [1.54, 1.807) is 42.5 Å². The van der Waals surface area contributed by atoms with Gasteiger partial charge >= 0.3 is 0 Å². The van der Waals surface area contributed by atoms with Crippen LogP contribution in [-0.2, 0) is 4.79 Å². The first kappa shape index (κ1) is 20.7. The Labute approximate surface area is 191 Å². The Morgan fingerprint density at radius 2 is 1.93 bits per heavy atom. The fraction of sp³-hybridized carbons (Fsp3) is 0.0476. The Morgan fingerprint density at radius 1 is 1.17 bits per heavy atom. The number of carbonyl (C=O) groups excluding carboxylic acids is 2. The maximum atomic E-state index is 12.5. The number of hydrogen-bond acceptors (Lipinski definition) is 5. The maximum Gasteiger partial charge on any atom is 0.257 e. The molecule has 0 atom stereocenters. The maximum absolute atomic E-state index is 12.5. The van der Waals surface area contributed by atoms with Gasteiger partial charge in [-0.3, -0.25) is 14.9 Å². The Bertz CT molecular complexity index is 1200. The van der Waals surface area contributed by atoms with Crippen LogP contribution in [0.4, 0.5) is 5.13 Å². The van der Waals surface area contributed by atoms with Crippen LogP contribution in [0.2, 0.25) is 10.0 Å². The van der Waals surface area contributed by atoms with Gasteiger partial charge in [-0.05, 0) is 35.9 Å². The number of thiocarbonyl (C=S) groups is 1. The lowest BCUT2D eigenvalue weighted by atomic mass is 10.1. The number of hydrogen-bond donors (Lipinski definition) is 2. The molecule has 2 heterocycles. The van der Waals surface area contributed by atoms with E-state index in [0.717, 1.165) is 11.1 Å². The highest BCUT2D eigenvalue weighted by molar-refractivity contribution is 7.80. The number of Topliss-reactive ketones (excluding diaryl/α,β-unsaturated/α-hetero) is 1. The Balaban J connectivity index is 1.45. The molecule has 0 bridgehead atoms. The Morgan fingerprint density at radius 3 is 2.60 bits per heavy atom. The van der Waals surface area contributed by atoms with Crippen LogP contribution in [0.5, 0.6) is 0 Å². The second-order valence-corrected chi connectivity index (χ2v) is 8.61. The van der Waals surface area contributed by atoms with Crippen molar-refractivity contribution in [3.8, 4) is 11.3 Å². The zero-order chi connectivity index (χ0) is 21.3. The summed E-state index contributed by atoms with van der Waals surface area (Å²) in [6, 6.07) is 12.2. The number of nitrogens with one attached hydrogen (secondary N) is 2. The average Bonchev–Trinajstić information content (AvgIpc) is 3.30. The molecule has 0 radical (unpaired) electrons. The van der Waals surface area contributed by atoms with Gasteiger partial charge in [-0.25, -0.2) is 4.98 Å². The monoisotopic (exact) mass is 473 g/mol. The number of thiazole rings is 1. The van der Waals surface area contributed by atoms with E-state index < -0.39 is 0 Å². The van der Waals surface area contributed by atoms with E-state index in [-0.39, 0.29) is 18.1 Å². The van der Waals surface area contributed by atoms with Crippen molar-refractivity contribution in [2.24, 2.45) is 0 Å². The van der Waals surface area contributed by atoms with Gasteiger partial charge in [0.2, 0.25) is 0 Å². The third-order valence-electron chi connectivity index (χ3n) is 4.32. The van der Waals surface area contributed by atoms with Crippen molar-refractivity contribution in [1.82, 2.24) is 10.3 Å². The number of nitrogens with zero attached hydrogens (tertiary/aromatic N) is 1. The fourth-order valence-electron chi connectivity index (χ4n) is 2.81. The van der Waals surface area contributed by atoms with Crippen molar-refractivity contribution in [3.63, 3.8) is 0 Å². The summed E-state index contributed by atoms with van der Waals surface area (Å²) < 4.78 is 0. The van der Waals surface area contributed by atoms with E-state index in [2.05, 4.69) is 15.6 Å². The van der Waals surface area contributed by atoms with Crippen LogP contribution in [0, 0.1) is 0 Å². The molecule has 1 aliphatic rings. The second-order valence-electron chi connectivity index (χ2n) is 6.45. The first-order valence-corrected chi connectivity index (χ1v) is 10.8. The molecule has 1 aliphatic heterocycles. The van der Waals surface area contributed by atoms with Crippen molar-refractivity contribution in [2.45, 2.75) is 6.42 Å². The van der Waals surface area contributed by atoms with Crippen molar-refractivity contribution in [3.05, 3.63) is 74.7 Å². The van der Waals surface area contributed by atoms with Gasteiger partial charge in [-0.2, -0.15) is 0 Å². The van der Waals surface area contributed by atoms with Gasteiger partial charge in [0.05, 0.1) is 32.8 Å². The molecule has 1 aromatic heterocycles. The smallest absolute Gasteiger partial charge is 0.257 e. The number of allylic oxidation sites excluding steroid dienone is 1. The quantitative estimate of drug-likeness (QED) is 0.381. The molecule has 0 saturated carbocycles. The number of benzene rings is 2. The van der Waals surface area contributed by atoms with Crippen LogP contribution in [0.1, 0.15) is 22.3 Å². The molecule has 4 rings (SSSR count). The first-order chi connectivity index (χ1) is 14.4. The molecular formula is C21H13Cl2N3O2S2. The topological polar surface area (TPSA) is 71.1 Å². The summed E-state index contributed by atoms with van der Waals surface area (Å²) in [6.07, 6.45) is 1.95. The highest BCUT2D eigenvalue weighted by Crippen LogP contribution is 2.30. The van der Waals surface area contributed by atoms with Crippen molar-refractivity contribution < 1.29 is 9.59 Å². The molecule has 1 saturated heterocycles. The largest absolute Gasteiger partial charge is 0.347 e. The van der Waals surface area contributed by atoms with Gasteiger partial charge in [-0.15, -0.1) is 11.3 Å². The van der Waals surface area contributed by atoms with Gasteiger partial charge in [-0.1, -0.05) is 53.6 Å². The molecule has 2 N–H and O–H groups in total. The minimum atomic E-state index is -0.277. The van der Waals surface area contributed by atoms with E-state index in [0.29, 0.717) is 37.1 Å². The highest BCUT2D eigenvalue weighted by Gasteiger charge is 2.20. The van der Waals surface area contributed by atoms with Crippen LogP contribution in [0.15, 0.2) is 53.5 Å². The van der Waals surface area contributed by atoms with Gasteiger partial charge in [0, 0.05) is 16.5 Å². The van der Waals surface area contributed by atoms with E-state index in [9.17, 15) is 9.59 Å². The molecule has 9 heteroatoms. The van der Waals surface area contributed by atoms with E-state index in [1.807, 2.05) is 11.4 Å². The number of ketones is 1. The van der Waals surface area contributed by atoms with Gasteiger partial charge < -0.3 is 5.32 Å². The number of carbonyl (C=O) groups is 2. The van der Waals surface area contributed by atoms with Crippen LogP contribution in [-0.4, -0.2) is 21.7 Å². The van der Waals surface area contributed by atoms with Crippen molar-refractivity contribution >= 4 is 74.6 Å². The summed E-state index contributed by atoms with van der Waals surface area (Å²) in [5, 5.41) is 8.90. The van der Waals surface area contributed by atoms with Crippen LogP contribution in [0.3, 0.4) is 0 Å². The molecule has 5 nitrogen and oxygen atoms in total. The Kier molecular flexibility index (Phi) is 5.97. The third kappa shape index (κ3) is 4.60. The number of amides is 1. The molecule has 3 aromatic rings. The predicted octanol–water partition coefficient (Wildman–Crippen LogP) is 5.60. The summed E-state index contributed by atoms with van der Waals surface area (Å²) in [7, 11) is 0. The lowest BCUT2D eigenvalue weighted by Crippen LogP contribution is -2.12. The lowest BCUT2D eigenvalue weighted by molar-refractivity contribution is -0.114.